The quantitative estimate of drug-likeness (QED) is 0.544. The number of phenols is 1. The summed E-state index contributed by atoms with van der Waals surface area (Å²) in [6, 6.07) is 10.3. The van der Waals surface area contributed by atoms with Crippen LogP contribution in [0.2, 0.25) is 5.02 Å². The number of aryl methyl sites for hydroxylation is 1. The predicted molar refractivity (Wildman–Crippen MR) is 127 cm³/mol. The minimum Gasteiger partial charge on any atom is -0.507 e. The predicted octanol–water partition coefficient (Wildman–Crippen LogP) is 7.58. The summed E-state index contributed by atoms with van der Waals surface area (Å²) in [5, 5.41) is 12.0. The van der Waals surface area contributed by atoms with Crippen molar-refractivity contribution in [3.8, 4) is 16.9 Å². The lowest BCUT2D eigenvalue weighted by atomic mass is 9.83. The zero-order valence-corrected chi connectivity index (χ0v) is 20.4. The van der Waals surface area contributed by atoms with Crippen LogP contribution in [0.4, 0.5) is 0 Å². The van der Waals surface area contributed by atoms with Crippen LogP contribution in [0.5, 0.6) is 5.75 Å². The third-order valence-electron chi connectivity index (χ3n) is 5.42. The van der Waals surface area contributed by atoms with Crippen molar-refractivity contribution in [2.75, 3.05) is 6.54 Å². The van der Waals surface area contributed by atoms with Gasteiger partial charge in [-0.2, -0.15) is 0 Å². The van der Waals surface area contributed by atoms with Crippen molar-refractivity contribution in [3.63, 3.8) is 0 Å². The molecule has 0 unspecified atom stereocenters. The van der Waals surface area contributed by atoms with Crippen molar-refractivity contribution in [2.24, 2.45) is 5.92 Å². The highest BCUT2D eigenvalue weighted by Gasteiger charge is 2.26. The maximum Gasteiger partial charge on any atom is 0.127 e. The molecule has 0 aromatic heterocycles. The molecule has 0 saturated heterocycles. The molecule has 0 heterocycles. The first-order valence-electron chi connectivity index (χ1n) is 10.6. The minimum atomic E-state index is -0.0106. The molecule has 0 aliphatic carbocycles. The van der Waals surface area contributed by atoms with Crippen LogP contribution in [0, 0.1) is 12.8 Å². The normalized spacial score (nSPS) is 12.8. The van der Waals surface area contributed by atoms with E-state index in [2.05, 4.69) is 78.5 Å². The molecular weight excluding hydrogens is 378 g/mol. The van der Waals surface area contributed by atoms with Gasteiger partial charge < -0.3 is 5.11 Å². The van der Waals surface area contributed by atoms with Crippen molar-refractivity contribution in [1.29, 1.82) is 0 Å². The highest BCUT2D eigenvalue weighted by atomic mass is 35.5. The standard InChI is InChI=1S/C26H38ClNO/c1-17(2)15-28(26(7,8)9)16-20-13-21(25(4,5)6)14-22(24(20)29)19-10-11-23(27)18(3)12-19/h10-14,17,29H,15-16H2,1-9H3. The highest BCUT2D eigenvalue weighted by Crippen LogP contribution is 2.39. The smallest absolute Gasteiger partial charge is 0.127 e. The van der Waals surface area contributed by atoms with Gasteiger partial charge in [-0.15, -0.1) is 0 Å². The molecule has 0 atom stereocenters. The molecule has 2 aromatic rings. The average molecular weight is 416 g/mol. The fourth-order valence-corrected chi connectivity index (χ4v) is 3.62. The van der Waals surface area contributed by atoms with E-state index in [0.717, 1.165) is 40.4 Å². The summed E-state index contributed by atoms with van der Waals surface area (Å²) in [4.78, 5) is 2.45. The fourth-order valence-electron chi connectivity index (χ4n) is 3.50. The van der Waals surface area contributed by atoms with Gasteiger partial charge in [0.25, 0.3) is 0 Å². The second-order valence-electron chi connectivity index (χ2n) is 10.7. The van der Waals surface area contributed by atoms with Gasteiger partial charge in [-0.3, -0.25) is 4.90 Å². The summed E-state index contributed by atoms with van der Waals surface area (Å²) in [5.41, 5.74) is 5.12. The summed E-state index contributed by atoms with van der Waals surface area (Å²) in [5.74, 6) is 0.929. The van der Waals surface area contributed by atoms with Crippen LogP contribution in [-0.4, -0.2) is 22.1 Å². The first-order valence-corrected chi connectivity index (χ1v) is 11.0. The van der Waals surface area contributed by atoms with Crippen molar-refractivity contribution in [1.82, 2.24) is 4.90 Å². The molecule has 0 spiro atoms. The van der Waals surface area contributed by atoms with Gasteiger partial charge in [0.2, 0.25) is 0 Å². The largest absolute Gasteiger partial charge is 0.507 e. The molecule has 160 valence electrons. The van der Waals surface area contributed by atoms with Gasteiger partial charge in [-0.25, -0.2) is 0 Å². The first-order chi connectivity index (χ1) is 13.2. The van der Waals surface area contributed by atoms with Gasteiger partial charge in [0.1, 0.15) is 5.75 Å². The monoisotopic (exact) mass is 415 g/mol. The van der Waals surface area contributed by atoms with Crippen LogP contribution in [0.15, 0.2) is 30.3 Å². The molecule has 2 rings (SSSR count). The zero-order chi connectivity index (χ0) is 22.1. The Balaban J connectivity index is 2.63. The number of hydrogen-bond donors (Lipinski definition) is 1. The Morgan fingerprint density at radius 1 is 1.00 bits per heavy atom. The molecule has 2 nitrogen and oxygen atoms in total. The molecule has 2 aromatic carbocycles. The van der Waals surface area contributed by atoms with Crippen LogP contribution >= 0.6 is 11.6 Å². The molecule has 0 aliphatic heterocycles. The Kier molecular flexibility index (Phi) is 7.13. The number of halogens is 1. The lowest BCUT2D eigenvalue weighted by molar-refractivity contribution is 0.110. The van der Waals surface area contributed by atoms with Gasteiger partial charge >= 0.3 is 0 Å². The van der Waals surface area contributed by atoms with E-state index >= 15 is 0 Å². The van der Waals surface area contributed by atoms with Crippen LogP contribution in [0.1, 0.15) is 72.1 Å². The Bertz CT molecular complexity index is 856. The van der Waals surface area contributed by atoms with Crippen molar-refractivity contribution in [2.45, 2.75) is 79.8 Å². The van der Waals surface area contributed by atoms with E-state index in [1.165, 1.54) is 5.56 Å². The molecule has 0 fully saturated rings. The first kappa shape index (κ1) is 23.8. The van der Waals surface area contributed by atoms with Gasteiger partial charge in [0.15, 0.2) is 0 Å². The van der Waals surface area contributed by atoms with E-state index in [9.17, 15) is 5.11 Å². The number of aromatic hydroxyl groups is 1. The number of benzene rings is 2. The number of hydrogen-bond acceptors (Lipinski definition) is 2. The lowest BCUT2D eigenvalue weighted by Gasteiger charge is -2.37. The molecule has 0 amide bonds. The summed E-state index contributed by atoms with van der Waals surface area (Å²) >= 11 is 6.24. The molecule has 0 radical (unpaired) electrons. The van der Waals surface area contributed by atoms with Crippen LogP contribution < -0.4 is 0 Å². The second kappa shape index (κ2) is 8.70. The maximum atomic E-state index is 11.3. The molecule has 0 bridgehead atoms. The molecule has 3 heteroatoms. The van der Waals surface area contributed by atoms with E-state index in [4.69, 9.17) is 11.6 Å². The third-order valence-corrected chi connectivity index (χ3v) is 5.84. The summed E-state index contributed by atoms with van der Waals surface area (Å²) in [7, 11) is 0. The SMILES string of the molecule is Cc1cc(-c2cc(C(C)(C)C)cc(CN(CC(C)C)C(C)(C)C)c2O)ccc1Cl. The summed E-state index contributed by atoms with van der Waals surface area (Å²) in [6.07, 6.45) is 0. The zero-order valence-electron chi connectivity index (χ0n) is 19.7. The number of nitrogens with zero attached hydrogens (tertiary/aromatic N) is 1. The number of rotatable bonds is 5. The molecule has 1 N–H and O–H groups in total. The topological polar surface area (TPSA) is 23.5 Å². The van der Waals surface area contributed by atoms with Crippen molar-refractivity contribution >= 4 is 11.6 Å². The highest BCUT2D eigenvalue weighted by molar-refractivity contribution is 6.31. The molecule has 0 aliphatic rings. The summed E-state index contributed by atoms with van der Waals surface area (Å²) < 4.78 is 0. The van der Waals surface area contributed by atoms with Gasteiger partial charge in [-0.1, -0.05) is 58.4 Å². The Hall–Kier alpha value is -1.51. The van der Waals surface area contributed by atoms with Crippen molar-refractivity contribution in [3.05, 3.63) is 52.0 Å². The van der Waals surface area contributed by atoms with E-state index in [-0.39, 0.29) is 11.0 Å². The Labute approximate surface area is 182 Å². The van der Waals surface area contributed by atoms with Gasteiger partial charge in [-0.05, 0) is 73.9 Å². The van der Waals surface area contributed by atoms with Crippen LogP contribution in [-0.2, 0) is 12.0 Å². The summed E-state index contributed by atoms with van der Waals surface area (Å²) in [6.45, 7) is 21.6. The second-order valence-corrected chi connectivity index (χ2v) is 11.1. The number of phenolic OH excluding ortho intramolecular Hbond substituents is 1. The van der Waals surface area contributed by atoms with E-state index in [1.54, 1.807) is 0 Å². The average Bonchev–Trinajstić information content (AvgIpc) is 2.56. The van der Waals surface area contributed by atoms with E-state index in [1.807, 2.05) is 19.1 Å². The minimum absolute atomic E-state index is 0.0106. The molecule has 29 heavy (non-hydrogen) atoms. The Morgan fingerprint density at radius 2 is 1.62 bits per heavy atom. The van der Waals surface area contributed by atoms with Crippen LogP contribution in [0.3, 0.4) is 0 Å². The van der Waals surface area contributed by atoms with Crippen molar-refractivity contribution < 1.29 is 5.11 Å². The van der Waals surface area contributed by atoms with Crippen LogP contribution in [0.25, 0.3) is 11.1 Å². The third kappa shape index (κ3) is 5.99. The molecular formula is C26H38ClNO. The van der Waals surface area contributed by atoms with Gasteiger partial charge in [0, 0.05) is 34.8 Å². The Morgan fingerprint density at radius 3 is 2.10 bits per heavy atom. The van der Waals surface area contributed by atoms with E-state index in [0.29, 0.717) is 11.7 Å². The maximum absolute atomic E-state index is 11.3. The fraction of sp³-hybridized carbons (Fsp3) is 0.538. The van der Waals surface area contributed by atoms with Gasteiger partial charge in [0.05, 0.1) is 0 Å². The van der Waals surface area contributed by atoms with E-state index < -0.39 is 0 Å². The lowest BCUT2D eigenvalue weighted by Crippen LogP contribution is -2.42. The molecule has 0 saturated carbocycles.